The summed E-state index contributed by atoms with van der Waals surface area (Å²) in [6.07, 6.45) is 3.63. The minimum absolute atomic E-state index is 0.234. The molecular formula is C11H14FN3O. The number of nitrogens with one attached hydrogen (secondary N) is 2. The van der Waals surface area contributed by atoms with Gasteiger partial charge in [0.1, 0.15) is 12.1 Å². The smallest absolute Gasteiger partial charge is 0.142 e. The van der Waals surface area contributed by atoms with E-state index in [9.17, 15) is 9.18 Å². The molecular weight excluding hydrogens is 209 g/mol. The van der Waals surface area contributed by atoms with Gasteiger partial charge in [0.25, 0.3) is 0 Å². The van der Waals surface area contributed by atoms with Crippen molar-refractivity contribution in [2.75, 3.05) is 12.4 Å². The number of rotatable bonds is 5. The monoisotopic (exact) mass is 223 g/mol. The number of hydrazine groups is 1. The quantitative estimate of drug-likeness (QED) is 0.302. The molecule has 0 amide bonds. The van der Waals surface area contributed by atoms with Crippen LogP contribution in [-0.2, 0) is 11.3 Å². The molecule has 1 aromatic rings. The summed E-state index contributed by atoms with van der Waals surface area (Å²) in [5.74, 6) is 4.80. The number of aldehydes is 1. The zero-order valence-electron chi connectivity index (χ0n) is 8.96. The summed E-state index contributed by atoms with van der Waals surface area (Å²) in [7, 11) is 1.69. The minimum Gasteiger partial charge on any atom is -0.388 e. The Morgan fingerprint density at radius 2 is 2.25 bits per heavy atom. The Balaban J connectivity index is 3.16. The number of benzene rings is 1. The Labute approximate surface area is 93.3 Å². The molecule has 4 N–H and O–H groups in total. The van der Waals surface area contributed by atoms with Gasteiger partial charge >= 0.3 is 0 Å². The van der Waals surface area contributed by atoms with Crippen LogP contribution in [0.4, 0.5) is 10.1 Å². The maximum Gasteiger partial charge on any atom is 0.142 e. The Bertz CT molecular complexity index is 404. The third kappa shape index (κ3) is 2.88. The van der Waals surface area contributed by atoms with Crippen molar-refractivity contribution in [3.63, 3.8) is 0 Å². The first-order chi connectivity index (χ1) is 7.72. The lowest BCUT2D eigenvalue weighted by molar-refractivity contribution is -0.104. The van der Waals surface area contributed by atoms with Gasteiger partial charge < -0.3 is 5.32 Å². The van der Waals surface area contributed by atoms with Gasteiger partial charge in [-0.2, -0.15) is 0 Å². The van der Waals surface area contributed by atoms with Crippen molar-refractivity contribution in [3.05, 3.63) is 35.2 Å². The van der Waals surface area contributed by atoms with Crippen LogP contribution in [0.2, 0.25) is 0 Å². The van der Waals surface area contributed by atoms with E-state index < -0.39 is 0 Å². The summed E-state index contributed by atoms with van der Waals surface area (Å²) in [5, 5.41) is 2.86. The highest BCUT2D eigenvalue weighted by atomic mass is 19.1. The molecule has 0 saturated carbocycles. The third-order valence-corrected chi connectivity index (χ3v) is 2.13. The van der Waals surface area contributed by atoms with E-state index >= 15 is 0 Å². The zero-order chi connectivity index (χ0) is 12.0. The molecule has 0 aliphatic carbocycles. The van der Waals surface area contributed by atoms with Gasteiger partial charge in [0, 0.05) is 24.8 Å². The topological polar surface area (TPSA) is 67.2 Å². The van der Waals surface area contributed by atoms with Crippen LogP contribution < -0.4 is 16.6 Å². The maximum absolute atomic E-state index is 13.5. The van der Waals surface area contributed by atoms with Gasteiger partial charge in [-0.15, -0.1) is 0 Å². The molecule has 0 aromatic heterocycles. The predicted molar refractivity (Wildman–Crippen MR) is 62.1 cm³/mol. The van der Waals surface area contributed by atoms with Gasteiger partial charge in [0.05, 0.1) is 0 Å². The number of carbonyl (C=O) groups excluding carboxylic acids is 1. The molecule has 86 valence electrons. The second-order valence-corrected chi connectivity index (χ2v) is 3.16. The first-order valence-corrected chi connectivity index (χ1v) is 4.78. The predicted octanol–water partition coefficient (Wildman–Crippen LogP) is 1.04. The molecule has 0 fully saturated rings. The standard InChI is InChI=1S/C11H14FN3O/c1-14-11-6-10(12)9(7-15-13)5-8(11)3-2-4-16/h2-6,14-15H,7,13H2,1H3/b3-2-. The minimum atomic E-state index is -0.342. The van der Waals surface area contributed by atoms with Crippen molar-refractivity contribution in [2.45, 2.75) is 6.54 Å². The summed E-state index contributed by atoms with van der Waals surface area (Å²) in [6.45, 7) is 0.234. The molecule has 1 rings (SSSR count). The van der Waals surface area contributed by atoms with Gasteiger partial charge in [-0.05, 0) is 29.8 Å². The molecule has 0 radical (unpaired) electrons. The second kappa shape index (κ2) is 5.99. The third-order valence-electron chi connectivity index (χ3n) is 2.13. The van der Waals surface area contributed by atoms with E-state index in [-0.39, 0.29) is 12.4 Å². The van der Waals surface area contributed by atoms with Gasteiger partial charge in [-0.3, -0.25) is 16.1 Å². The van der Waals surface area contributed by atoms with E-state index in [2.05, 4.69) is 10.7 Å². The van der Waals surface area contributed by atoms with Crippen LogP contribution in [0.5, 0.6) is 0 Å². The molecule has 1 aromatic carbocycles. The number of hydrogen-bond donors (Lipinski definition) is 3. The highest BCUT2D eigenvalue weighted by Crippen LogP contribution is 2.21. The van der Waals surface area contributed by atoms with E-state index in [0.29, 0.717) is 17.5 Å². The Kier molecular flexibility index (Phi) is 4.63. The first kappa shape index (κ1) is 12.4. The Morgan fingerprint density at radius 3 is 2.81 bits per heavy atom. The molecule has 0 saturated heterocycles. The Hall–Kier alpha value is -1.72. The molecule has 0 atom stereocenters. The van der Waals surface area contributed by atoms with E-state index in [0.717, 1.165) is 5.56 Å². The van der Waals surface area contributed by atoms with E-state index in [1.807, 2.05) is 0 Å². The normalized spacial score (nSPS) is 10.7. The van der Waals surface area contributed by atoms with Crippen LogP contribution in [0, 0.1) is 5.82 Å². The van der Waals surface area contributed by atoms with Crippen LogP contribution in [0.25, 0.3) is 6.08 Å². The molecule has 16 heavy (non-hydrogen) atoms. The number of halogens is 1. The largest absolute Gasteiger partial charge is 0.388 e. The first-order valence-electron chi connectivity index (χ1n) is 4.78. The molecule has 0 heterocycles. The van der Waals surface area contributed by atoms with E-state index in [4.69, 9.17) is 5.84 Å². The summed E-state index contributed by atoms with van der Waals surface area (Å²) in [4.78, 5) is 10.2. The summed E-state index contributed by atoms with van der Waals surface area (Å²) in [6, 6.07) is 3.01. The zero-order valence-corrected chi connectivity index (χ0v) is 8.96. The number of hydrogen-bond acceptors (Lipinski definition) is 4. The molecule has 0 unspecified atom stereocenters. The lowest BCUT2D eigenvalue weighted by atomic mass is 10.1. The number of anilines is 1. The SMILES string of the molecule is CNc1cc(F)c(CNN)cc1/C=C\C=O. The fraction of sp³-hybridized carbons (Fsp3) is 0.182. The lowest BCUT2D eigenvalue weighted by Gasteiger charge is -2.09. The van der Waals surface area contributed by atoms with Gasteiger partial charge in [0.2, 0.25) is 0 Å². The average molecular weight is 223 g/mol. The van der Waals surface area contributed by atoms with Crippen LogP contribution in [-0.4, -0.2) is 13.3 Å². The van der Waals surface area contributed by atoms with Crippen molar-refractivity contribution in [3.8, 4) is 0 Å². The summed E-state index contributed by atoms with van der Waals surface area (Å²) in [5.41, 5.74) is 4.20. The van der Waals surface area contributed by atoms with Gasteiger partial charge in [-0.1, -0.05) is 0 Å². The van der Waals surface area contributed by atoms with Crippen LogP contribution in [0.15, 0.2) is 18.2 Å². The highest BCUT2D eigenvalue weighted by Gasteiger charge is 2.06. The average Bonchev–Trinajstić information content (AvgIpc) is 2.29. The molecule has 4 nitrogen and oxygen atoms in total. The van der Waals surface area contributed by atoms with Crippen LogP contribution >= 0.6 is 0 Å². The maximum atomic E-state index is 13.5. The number of allylic oxidation sites excluding steroid dienone is 1. The highest BCUT2D eigenvalue weighted by molar-refractivity contribution is 5.78. The molecule has 0 aliphatic heterocycles. The molecule has 0 aliphatic rings. The molecule has 5 heteroatoms. The summed E-state index contributed by atoms with van der Waals surface area (Å²) < 4.78 is 13.5. The van der Waals surface area contributed by atoms with Crippen molar-refractivity contribution in [1.82, 2.24) is 5.43 Å². The van der Waals surface area contributed by atoms with Crippen molar-refractivity contribution < 1.29 is 9.18 Å². The lowest BCUT2D eigenvalue weighted by Crippen LogP contribution is -2.21. The summed E-state index contributed by atoms with van der Waals surface area (Å²) >= 11 is 0. The van der Waals surface area contributed by atoms with Crippen LogP contribution in [0.3, 0.4) is 0 Å². The van der Waals surface area contributed by atoms with E-state index in [1.54, 1.807) is 19.2 Å². The van der Waals surface area contributed by atoms with Gasteiger partial charge in [-0.25, -0.2) is 4.39 Å². The molecule has 0 bridgehead atoms. The van der Waals surface area contributed by atoms with Crippen molar-refractivity contribution >= 4 is 18.0 Å². The fourth-order valence-electron chi connectivity index (χ4n) is 1.38. The van der Waals surface area contributed by atoms with Crippen molar-refractivity contribution in [2.24, 2.45) is 5.84 Å². The van der Waals surface area contributed by atoms with Crippen molar-refractivity contribution in [1.29, 1.82) is 0 Å². The van der Waals surface area contributed by atoms with E-state index in [1.165, 1.54) is 12.1 Å². The molecule has 0 spiro atoms. The Morgan fingerprint density at radius 1 is 1.50 bits per heavy atom. The second-order valence-electron chi connectivity index (χ2n) is 3.16. The van der Waals surface area contributed by atoms with Gasteiger partial charge in [0.15, 0.2) is 0 Å². The number of carbonyl (C=O) groups is 1. The van der Waals surface area contributed by atoms with Crippen LogP contribution in [0.1, 0.15) is 11.1 Å². The number of nitrogens with two attached hydrogens (primary N) is 1. The fourth-order valence-corrected chi connectivity index (χ4v) is 1.38.